The molecule has 2 heterocycles. The Balaban J connectivity index is 1.58. The van der Waals surface area contributed by atoms with Crippen LogP contribution in [-0.2, 0) is 9.53 Å². The van der Waals surface area contributed by atoms with Crippen LogP contribution in [-0.4, -0.2) is 46.0 Å². The molecule has 1 aliphatic heterocycles. The normalized spacial score (nSPS) is 16.3. The summed E-state index contributed by atoms with van der Waals surface area (Å²) in [6, 6.07) is 14.0. The number of hydrogen-bond donors (Lipinski definition) is 1. The van der Waals surface area contributed by atoms with E-state index < -0.39 is 0 Å². The van der Waals surface area contributed by atoms with Crippen LogP contribution in [0.3, 0.4) is 0 Å². The van der Waals surface area contributed by atoms with Gasteiger partial charge in [0.15, 0.2) is 4.77 Å². The third-order valence-electron chi connectivity index (χ3n) is 5.51. The van der Waals surface area contributed by atoms with Gasteiger partial charge in [-0.25, -0.2) is 0 Å². The molecule has 160 valence electrons. The number of carbonyl (C=O) groups is 2. The first-order valence-electron chi connectivity index (χ1n) is 10.3. The van der Waals surface area contributed by atoms with E-state index in [-0.39, 0.29) is 28.1 Å². The monoisotopic (exact) mass is 437 g/mol. The summed E-state index contributed by atoms with van der Waals surface area (Å²) in [7, 11) is 0. The molecule has 1 unspecified atom stereocenters. The van der Waals surface area contributed by atoms with Crippen molar-refractivity contribution in [1.82, 2.24) is 14.5 Å². The van der Waals surface area contributed by atoms with Gasteiger partial charge in [0.1, 0.15) is 0 Å². The zero-order valence-electron chi connectivity index (χ0n) is 17.2. The second-order valence-electron chi connectivity index (χ2n) is 7.51. The van der Waals surface area contributed by atoms with Gasteiger partial charge in [-0.1, -0.05) is 12.1 Å². The first-order valence-corrected chi connectivity index (χ1v) is 10.7. The molecule has 1 N–H and O–H groups in total. The fourth-order valence-corrected chi connectivity index (χ4v) is 4.24. The molecule has 0 aliphatic carbocycles. The minimum Gasteiger partial charge on any atom is -0.466 e. The van der Waals surface area contributed by atoms with E-state index in [1.165, 1.54) is 4.57 Å². The summed E-state index contributed by atoms with van der Waals surface area (Å²) in [6.07, 6.45) is 1.49. The van der Waals surface area contributed by atoms with E-state index in [0.29, 0.717) is 41.9 Å². The van der Waals surface area contributed by atoms with Crippen LogP contribution in [0.1, 0.15) is 30.1 Å². The van der Waals surface area contributed by atoms with Crippen molar-refractivity contribution in [2.24, 2.45) is 5.92 Å². The Bertz CT molecular complexity index is 1250. The van der Waals surface area contributed by atoms with E-state index in [0.717, 1.165) is 12.8 Å². The molecule has 4 rings (SSSR count). The first kappa shape index (κ1) is 21.0. The van der Waals surface area contributed by atoms with Gasteiger partial charge in [-0.3, -0.25) is 19.0 Å². The van der Waals surface area contributed by atoms with Gasteiger partial charge < -0.3 is 14.6 Å². The van der Waals surface area contributed by atoms with Gasteiger partial charge in [-0.2, -0.15) is 0 Å². The Hall–Kier alpha value is -3.26. The number of piperidine rings is 1. The number of likely N-dealkylation sites (tertiary alicyclic amines) is 1. The number of benzene rings is 2. The molecule has 1 amide bonds. The molecule has 0 radical (unpaired) electrons. The molecular weight excluding hydrogens is 414 g/mol. The number of nitrogens with one attached hydrogen (secondary N) is 1. The largest absolute Gasteiger partial charge is 0.466 e. The Labute approximate surface area is 184 Å². The van der Waals surface area contributed by atoms with Crippen molar-refractivity contribution in [2.75, 3.05) is 19.7 Å². The quantitative estimate of drug-likeness (QED) is 0.499. The lowest BCUT2D eigenvalue weighted by molar-refractivity contribution is -0.149. The van der Waals surface area contributed by atoms with Crippen LogP contribution in [0, 0.1) is 10.7 Å². The maximum atomic E-state index is 13.0. The third-order valence-corrected chi connectivity index (χ3v) is 5.79. The first-order chi connectivity index (χ1) is 15.0. The zero-order valence-corrected chi connectivity index (χ0v) is 18.0. The number of H-pyrrole nitrogens is 1. The molecule has 7 nitrogen and oxygen atoms in total. The number of aromatic amines is 1. The zero-order chi connectivity index (χ0) is 22.0. The molecule has 1 atom stereocenters. The van der Waals surface area contributed by atoms with Crippen molar-refractivity contribution < 1.29 is 14.3 Å². The number of carbonyl (C=O) groups excluding carboxylic acids is 2. The molecule has 2 aromatic carbocycles. The lowest BCUT2D eigenvalue weighted by Crippen LogP contribution is -2.42. The summed E-state index contributed by atoms with van der Waals surface area (Å²) in [4.78, 5) is 42.7. The number of nitrogens with zero attached hydrogens (tertiary/aromatic N) is 2. The fourth-order valence-electron chi connectivity index (χ4n) is 3.95. The minimum atomic E-state index is -0.286. The van der Waals surface area contributed by atoms with Crippen molar-refractivity contribution in [2.45, 2.75) is 19.8 Å². The van der Waals surface area contributed by atoms with Crippen LogP contribution in [0.2, 0.25) is 0 Å². The number of amides is 1. The smallest absolute Gasteiger partial charge is 0.310 e. The molecular formula is C23H23N3O4S. The maximum absolute atomic E-state index is 13.0. The Kier molecular flexibility index (Phi) is 5.99. The number of hydrogen-bond acceptors (Lipinski definition) is 5. The van der Waals surface area contributed by atoms with E-state index in [4.69, 9.17) is 17.0 Å². The SMILES string of the molecule is CCOC(=O)C1CCCN(C(=O)c2ccc(-n3c(=S)[nH]c4ccccc4c3=O)cc2)C1. The van der Waals surface area contributed by atoms with Gasteiger partial charge in [-0.15, -0.1) is 0 Å². The number of rotatable bonds is 4. The van der Waals surface area contributed by atoms with E-state index >= 15 is 0 Å². The van der Waals surface area contributed by atoms with Gasteiger partial charge >= 0.3 is 5.97 Å². The van der Waals surface area contributed by atoms with Gasteiger partial charge in [0.2, 0.25) is 0 Å². The second kappa shape index (κ2) is 8.85. The predicted octanol–water partition coefficient (Wildman–Crippen LogP) is 3.46. The highest BCUT2D eigenvalue weighted by Gasteiger charge is 2.29. The Morgan fingerprint density at radius 3 is 2.65 bits per heavy atom. The van der Waals surface area contributed by atoms with Crippen LogP contribution >= 0.6 is 12.2 Å². The van der Waals surface area contributed by atoms with Gasteiger partial charge in [-0.05, 0) is 68.4 Å². The molecule has 3 aromatic rings. The summed E-state index contributed by atoms with van der Waals surface area (Å²) in [5, 5.41) is 0.537. The number of para-hydroxylation sites is 1. The second-order valence-corrected chi connectivity index (χ2v) is 7.89. The van der Waals surface area contributed by atoms with E-state index in [9.17, 15) is 14.4 Å². The summed E-state index contributed by atoms with van der Waals surface area (Å²) in [6.45, 7) is 3.07. The van der Waals surface area contributed by atoms with Crippen molar-refractivity contribution in [3.8, 4) is 5.69 Å². The molecule has 8 heteroatoms. The van der Waals surface area contributed by atoms with Crippen molar-refractivity contribution in [3.63, 3.8) is 0 Å². The van der Waals surface area contributed by atoms with E-state index in [1.807, 2.05) is 6.07 Å². The minimum absolute atomic E-state index is 0.142. The number of aromatic nitrogens is 2. The highest BCUT2D eigenvalue weighted by Crippen LogP contribution is 2.21. The van der Waals surface area contributed by atoms with Crippen LogP contribution in [0.25, 0.3) is 16.6 Å². The number of esters is 1. The van der Waals surface area contributed by atoms with Crippen molar-refractivity contribution >= 4 is 35.0 Å². The lowest BCUT2D eigenvalue weighted by atomic mass is 9.97. The third kappa shape index (κ3) is 4.16. The highest BCUT2D eigenvalue weighted by atomic mass is 32.1. The molecule has 1 aromatic heterocycles. The van der Waals surface area contributed by atoms with Crippen molar-refractivity contribution in [3.05, 3.63) is 69.2 Å². The predicted molar refractivity (Wildman–Crippen MR) is 120 cm³/mol. The van der Waals surface area contributed by atoms with E-state index in [2.05, 4.69) is 4.98 Å². The summed E-state index contributed by atoms with van der Waals surface area (Å²) in [5.74, 6) is -0.678. The Morgan fingerprint density at radius 1 is 1.16 bits per heavy atom. The van der Waals surface area contributed by atoms with Gasteiger partial charge in [0.25, 0.3) is 11.5 Å². The molecule has 0 spiro atoms. The van der Waals surface area contributed by atoms with Gasteiger partial charge in [0, 0.05) is 18.7 Å². The van der Waals surface area contributed by atoms with Crippen LogP contribution < -0.4 is 5.56 Å². The van der Waals surface area contributed by atoms with Crippen LogP contribution in [0.15, 0.2) is 53.3 Å². The molecule has 31 heavy (non-hydrogen) atoms. The van der Waals surface area contributed by atoms with Crippen molar-refractivity contribution in [1.29, 1.82) is 0 Å². The van der Waals surface area contributed by atoms with Crippen LogP contribution in [0.5, 0.6) is 0 Å². The topological polar surface area (TPSA) is 84.4 Å². The average molecular weight is 438 g/mol. The fraction of sp³-hybridized carbons (Fsp3) is 0.304. The van der Waals surface area contributed by atoms with Gasteiger partial charge in [0.05, 0.1) is 29.1 Å². The average Bonchev–Trinajstić information content (AvgIpc) is 2.79. The number of ether oxygens (including phenoxy) is 1. The summed E-state index contributed by atoms with van der Waals surface area (Å²) < 4.78 is 6.82. The molecule has 1 aliphatic rings. The molecule has 1 fully saturated rings. The number of fused-ring (bicyclic) bond motifs is 1. The molecule has 0 saturated carbocycles. The maximum Gasteiger partial charge on any atom is 0.310 e. The molecule has 0 bridgehead atoms. The summed E-state index contributed by atoms with van der Waals surface area (Å²) >= 11 is 5.38. The Morgan fingerprint density at radius 2 is 1.90 bits per heavy atom. The standard InChI is InChI=1S/C23H23N3O4S/c1-2-30-22(29)16-6-5-13-25(14-16)20(27)15-9-11-17(12-10-15)26-21(28)18-7-3-4-8-19(18)24-23(26)31/h3-4,7-12,16H,2,5-6,13-14H2,1H3,(H,24,31). The highest BCUT2D eigenvalue weighted by molar-refractivity contribution is 7.71. The molecule has 1 saturated heterocycles. The van der Waals surface area contributed by atoms with Crippen LogP contribution in [0.4, 0.5) is 0 Å². The van der Waals surface area contributed by atoms with E-state index in [1.54, 1.807) is 54.3 Å². The summed E-state index contributed by atoms with van der Waals surface area (Å²) in [5.41, 5.74) is 1.54. The lowest BCUT2D eigenvalue weighted by Gasteiger charge is -2.31.